The lowest BCUT2D eigenvalue weighted by Gasteiger charge is -2.33. The van der Waals surface area contributed by atoms with Crippen molar-refractivity contribution in [1.29, 1.82) is 0 Å². The monoisotopic (exact) mass is 509 g/mol. The Hall–Kier alpha value is -3.49. The van der Waals surface area contributed by atoms with Crippen LogP contribution in [0.5, 0.6) is 0 Å². The van der Waals surface area contributed by atoms with E-state index in [4.69, 9.17) is 17.3 Å². The molecule has 7 nitrogen and oxygen atoms in total. The number of amides is 1. The van der Waals surface area contributed by atoms with Crippen LogP contribution in [0.1, 0.15) is 53.1 Å². The Balaban J connectivity index is 1.90. The Morgan fingerprint density at radius 3 is 2.50 bits per heavy atom. The zero-order valence-corrected chi connectivity index (χ0v) is 21.1. The second kappa shape index (κ2) is 11.1. The van der Waals surface area contributed by atoms with Crippen molar-refractivity contribution >= 4 is 23.0 Å². The number of carbonyl (C=O) groups excluding carboxylic acids is 1. The number of nitrogens with zero attached hydrogens (tertiary/aromatic N) is 4. The number of nitrogens with two attached hydrogens (primary N) is 1. The van der Waals surface area contributed by atoms with Crippen molar-refractivity contribution in [2.45, 2.75) is 39.3 Å². The summed E-state index contributed by atoms with van der Waals surface area (Å²) in [6.45, 7) is 4.78. The van der Waals surface area contributed by atoms with E-state index in [9.17, 15) is 14.0 Å². The number of benzene rings is 2. The molecule has 9 heteroatoms. The molecule has 0 fully saturated rings. The lowest BCUT2D eigenvalue weighted by molar-refractivity contribution is 0.0660. The van der Waals surface area contributed by atoms with Gasteiger partial charge in [0.05, 0.1) is 28.8 Å². The second-order valence-corrected chi connectivity index (χ2v) is 9.07. The molecule has 1 atom stereocenters. The number of carbonyl (C=O) groups is 1. The van der Waals surface area contributed by atoms with Crippen LogP contribution in [0.4, 0.5) is 4.39 Å². The van der Waals surface area contributed by atoms with Gasteiger partial charge in [-0.15, -0.1) is 0 Å². The highest BCUT2D eigenvalue weighted by Gasteiger charge is 2.29. The topological polar surface area (TPSA) is 85.6 Å². The summed E-state index contributed by atoms with van der Waals surface area (Å²) in [5, 5.41) is 4.74. The molecule has 0 saturated heterocycles. The van der Waals surface area contributed by atoms with Crippen molar-refractivity contribution in [2.75, 3.05) is 13.1 Å². The van der Waals surface area contributed by atoms with Crippen LogP contribution in [-0.4, -0.2) is 38.1 Å². The molecule has 4 aromatic rings. The van der Waals surface area contributed by atoms with Gasteiger partial charge in [0.2, 0.25) is 0 Å². The Labute approximate surface area is 213 Å². The van der Waals surface area contributed by atoms with Crippen LogP contribution < -0.4 is 11.4 Å². The van der Waals surface area contributed by atoms with Crippen LogP contribution in [0, 0.1) is 12.7 Å². The lowest BCUT2D eigenvalue weighted by atomic mass is 10.0. The molecule has 2 aromatic carbocycles. The van der Waals surface area contributed by atoms with Crippen molar-refractivity contribution in [3.63, 3.8) is 0 Å². The fourth-order valence-electron chi connectivity index (χ4n) is 4.45. The number of hydrogen-bond donors (Lipinski definition) is 1. The summed E-state index contributed by atoms with van der Waals surface area (Å²) in [4.78, 5) is 29.1. The molecule has 188 valence electrons. The Kier molecular flexibility index (Phi) is 7.86. The van der Waals surface area contributed by atoms with E-state index in [2.05, 4.69) is 5.10 Å². The second-order valence-electron chi connectivity index (χ2n) is 8.69. The molecule has 2 heterocycles. The van der Waals surface area contributed by atoms with Gasteiger partial charge in [-0.05, 0) is 62.2 Å². The minimum atomic E-state index is -0.457. The minimum Gasteiger partial charge on any atom is -0.330 e. The van der Waals surface area contributed by atoms with Crippen molar-refractivity contribution in [2.24, 2.45) is 5.73 Å². The van der Waals surface area contributed by atoms with Crippen molar-refractivity contribution in [3.05, 3.63) is 105 Å². The highest BCUT2D eigenvalue weighted by atomic mass is 35.5. The standard InChI is InChI=1S/C27H29ClFN5O2/c1-3-22(32(15-7-14-30)26(35)20-10-12-21(29)13-11-20)23-16-24-25(28)18(2)31-34(24)27(36)33(23)17-19-8-5-4-6-9-19/h4-6,8-13,16,22H,3,7,14-15,17,30H2,1-2H3. The smallest absolute Gasteiger partial charge is 0.330 e. The largest absolute Gasteiger partial charge is 0.349 e. The number of aromatic nitrogens is 3. The van der Waals surface area contributed by atoms with Gasteiger partial charge < -0.3 is 10.6 Å². The molecular weight excluding hydrogens is 481 g/mol. The normalized spacial score (nSPS) is 12.1. The van der Waals surface area contributed by atoms with Gasteiger partial charge in [0, 0.05) is 17.8 Å². The number of hydrogen-bond acceptors (Lipinski definition) is 4. The maximum atomic E-state index is 13.7. The summed E-state index contributed by atoms with van der Waals surface area (Å²) < 4.78 is 16.5. The van der Waals surface area contributed by atoms with E-state index >= 15 is 0 Å². The molecule has 0 spiro atoms. The summed E-state index contributed by atoms with van der Waals surface area (Å²) in [5.74, 6) is -0.676. The van der Waals surface area contributed by atoms with Crippen molar-refractivity contribution < 1.29 is 9.18 Å². The number of fused-ring (bicyclic) bond motifs is 1. The third kappa shape index (κ3) is 5.05. The summed E-state index contributed by atoms with van der Waals surface area (Å²) in [6, 6.07) is 16.5. The molecule has 0 saturated carbocycles. The first-order chi connectivity index (χ1) is 17.3. The van der Waals surface area contributed by atoms with E-state index < -0.39 is 11.9 Å². The molecule has 1 unspecified atom stereocenters. The van der Waals surface area contributed by atoms with E-state index in [1.165, 1.54) is 28.8 Å². The van der Waals surface area contributed by atoms with Gasteiger partial charge in [0.1, 0.15) is 5.82 Å². The lowest BCUT2D eigenvalue weighted by Crippen LogP contribution is -2.40. The van der Waals surface area contributed by atoms with Gasteiger partial charge in [-0.1, -0.05) is 48.9 Å². The summed E-state index contributed by atoms with van der Waals surface area (Å²) in [7, 11) is 0. The average molecular weight is 510 g/mol. The molecule has 0 radical (unpaired) electrons. The summed E-state index contributed by atoms with van der Waals surface area (Å²) >= 11 is 6.52. The van der Waals surface area contributed by atoms with Crippen molar-refractivity contribution in [3.8, 4) is 0 Å². The van der Waals surface area contributed by atoms with Crippen LogP contribution in [-0.2, 0) is 6.54 Å². The van der Waals surface area contributed by atoms with Crippen LogP contribution in [0.15, 0.2) is 65.5 Å². The Bertz CT molecular complexity index is 1420. The SMILES string of the molecule is CCC(c1cc2c(Cl)c(C)nn2c(=O)n1Cc1ccccc1)N(CCCN)C(=O)c1ccc(F)cc1. The van der Waals surface area contributed by atoms with Crippen molar-refractivity contribution in [1.82, 2.24) is 19.1 Å². The van der Waals surface area contributed by atoms with E-state index in [-0.39, 0.29) is 11.6 Å². The molecule has 2 aromatic heterocycles. The van der Waals surface area contributed by atoms with E-state index in [0.717, 1.165) is 5.56 Å². The van der Waals surface area contributed by atoms with Gasteiger partial charge in [-0.3, -0.25) is 9.36 Å². The molecule has 0 aliphatic heterocycles. The molecule has 0 aliphatic rings. The molecule has 2 N–H and O–H groups in total. The predicted octanol–water partition coefficient (Wildman–Crippen LogP) is 4.59. The van der Waals surface area contributed by atoms with Gasteiger partial charge in [-0.25, -0.2) is 9.18 Å². The third-order valence-corrected chi connectivity index (χ3v) is 6.74. The first-order valence-electron chi connectivity index (χ1n) is 11.9. The van der Waals surface area contributed by atoms with E-state index in [0.29, 0.717) is 60.0 Å². The first-order valence-corrected chi connectivity index (χ1v) is 12.3. The van der Waals surface area contributed by atoms with Gasteiger partial charge in [0.25, 0.3) is 5.91 Å². The molecule has 4 rings (SSSR count). The van der Waals surface area contributed by atoms with Crippen LogP contribution in [0.2, 0.25) is 5.02 Å². The fourth-order valence-corrected chi connectivity index (χ4v) is 4.62. The Morgan fingerprint density at radius 1 is 1.17 bits per heavy atom. The van der Waals surface area contributed by atoms with E-state index in [1.54, 1.807) is 16.4 Å². The highest BCUT2D eigenvalue weighted by Crippen LogP contribution is 2.30. The summed E-state index contributed by atoms with van der Waals surface area (Å²) in [6.07, 6.45) is 1.10. The fraction of sp³-hybridized carbons (Fsp3) is 0.296. The maximum absolute atomic E-state index is 13.7. The zero-order valence-electron chi connectivity index (χ0n) is 20.3. The zero-order chi connectivity index (χ0) is 25.8. The third-order valence-electron chi connectivity index (χ3n) is 6.27. The first kappa shape index (κ1) is 25.6. The quantitative estimate of drug-likeness (QED) is 0.357. The maximum Gasteiger partial charge on any atom is 0.349 e. The minimum absolute atomic E-state index is 0.260. The molecule has 0 bridgehead atoms. The Morgan fingerprint density at radius 2 is 1.86 bits per heavy atom. The van der Waals surface area contributed by atoms with Crippen LogP contribution in [0.25, 0.3) is 5.52 Å². The van der Waals surface area contributed by atoms with Gasteiger partial charge >= 0.3 is 5.69 Å². The highest BCUT2D eigenvalue weighted by molar-refractivity contribution is 6.34. The molecule has 36 heavy (non-hydrogen) atoms. The molecule has 1 amide bonds. The average Bonchev–Trinajstić information content (AvgIpc) is 3.18. The predicted molar refractivity (Wildman–Crippen MR) is 139 cm³/mol. The molecule has 0 aliphatic carbocycles. The summed E-state index contributed by atoms with van der Waals surface area (Å²) in [5.41, 5.74) is 8.44. The van der Waals surface area contributed by atoms with Gasteiger partial charge in [-0.2, -0.15) is 9.61 Å². The van der Waals surface area contributed by atoms with Crippen LogP contribution in [0.3, 0.4) is 0 Å². The van der Waals surface area contributed by atoms with Gasteiger partial charge in [0.15, 0.2) is 0 Å². The van der Waals surface area contributed by atoms with Crippen LogP contribution >= 0.6 is 11.6 Å². The van der Waals surface area contributed by atoms with E-state index in [1.807, 2.05) is 43.3 Å². The number of aryl methyl sites for hydroxylation is 1. The number of rotatable bonds is 9. The number of halogens is 2. The molecular formula is C27H29ClFN5O2.